The Morgan fingerprint density at radius 2 is 1.42 bits per heavy atom. The van der Waals surface area contributed by atoms with E-state index in [2.05, 4.69) is 5.32 Å². The second kappa shape index (κ2) is 7.28. The van der Waals surface area contributed by atoms with E-state index < -0.39 is 11.7 Å². The van der Waals surface area contributed by atoms with Crippen LogP contribution in [0.2, 0.25) is 5.02 Å². The Labute approximate surface area is 144 Å². The molecular formula is C20H15ClFNO. The molecule has 0 aliphatic carbocycles. The number of carbonyl (C=O) groups excluding carboxylic acids is 1. The Kier molecular flexibility index (Phi) is 4.92. The zero-order chi connectivity index (χ0) is 16.9. The molecule has 0 aliphatic rings. The van der Waals surface area contributed by atoms with Gasteiger partial charge < -0.3 is 5.32 Å². The highest BCUT2D eigenvalue weighted by molar-refractivity contribution is 6.30. The minimum atomic E-state index is -0.536. The fourth-order valence-electron chi connectivity index (χ4n) is 2.58. The molecule has 3 aromatic rings. The van der Waals surface area contributed by atoms with Gasteiger partial charge in [0.25, 0.3) is 0 Å². The molecule has 0 unspecified atom stereocenters. The quantitative estimate of drug-likeness (QED) is 0.691. The molecule has 0 spiro atoms. The normalized spacial score (nSPS) is 10.6. The largest absolute Gasteiger partial charge is 0.323 e. The number of carbonyl (C=O) groups is 1. The van der Waals surface area contributed by atoms with Crippen LogP contribution < -0.4 is 5.32 Å². The standard InChI is InChI=1S/C20H15ClFNO/c21-16-11-12-17(22)18(13-16)23-20(24)19(14-7-3-1-4-8-14)15-9-5-2-6-10-15/h1-13,19H,(H,23,24). The summed E-state index contributed by atoms with van der Waals surface area (Å²) < 4.78 is 13.9. The first-order chi connectivity index (χ1) is 11.6. The average Bonchev–Trinajstić information content (AvgIpc) is 2.60. The number of hydrogen-bond donors (Lipinski definition) is 1. The van der Waals surface area contributed by atoms with Gasteiger partial charge in [-0.05, 0) is 29.3 Å². The predicted molar refractivity (Wildman–Crippen MR) is 94.8 cm³/mol. The summed E-state index contributed by atoms with van der Waals surface area (Å²) in [6.45, 7) is 0. The zero-order valence-electron chi connectivity index (χ0n) is 12.7. The molecule has 4 heteroatoms. The number of halogens is 2. The molecule has 24 heavy (non-hydrogen) atoms. The van der Waals surface area contributed by atoms with Gasteiger partial charge in [0.05, 0.1) is 11.6 Å². The summed E-state index contributed by atoms with van der Waals surface area (Å²) in [5, 5.41) is 3.01. The molecule has 1 N–H and O–H groups in total. The van der Waals surface area contributed by atoms with Crippen LogP contribution >= 0.6 is 11.6 Å². The summed E-state index contributed by atoms with van der Waals surface area (Å²) in [5.74, 6) is -1.37. The lowest BCUT2D eigenvalue weighted by molar-refractivity contribution is -0.116. The number of hydrogen-bond acceptors (Lipinski definition) is 1. The van der Waals surface area contributed by atoms with Gasteiger partial charge in [-0.15, -0.1) is 0 Å². The molecule has 0 aromatic heterocycles. The third-order valence-electron chi connectivity index (χ3n) is 3.71. The highest BCUT2D eigenvalue weighted by atomic mass is 35.5. The Morgan fingerprint density at radius 3 is 1.96 bits per heavy atom. The second-order valence-corrected chi connectivity index (χ2v) is 5.80. The topological polar surface area (TPSA) is 29.1 Å². The van der Waals surface area contributed by atoms with Crippen LogP contribution in [-0.2, 0) is 4.79 Å². The van der Waals surface area contributed by atoms with Crippen molar-refractivity contribution in [2.75, 3.05) is 5.32 Å². The van der Waals surface area contributed by atoms with E-state index in [1.54, 1.807) is 0 Å². The highest BCUT2D eigenvalue weighted by Gasteiger charge is 2.23. The molecule has 0 aliphatic heterocycles. The highest BCUT2D eigenvalue weighted by Crippen LogP contribution is 2.27. The first kappa shape index (κ1) is 16.2. The summed E-state index contributed by atoms with van der Waals surface area (Å²) in [4.78, 5) is 12.9. The summed E-state index contributed by atoms with van der Waals surface area (Å²) in [7, 11) is 0. The molecule has 0 atom stereocenters. The van der Waals surface area contributed by atoms with Crippen LogP contribution in [0.3, 0.4) is 0 Å². The Morgan fingerprint density at radius 1 is 0.875 bits per heavy atom. The zero-order valence-corrected chi connectivity index (χ0v) is 13.5. The molecule has 0 bridgehead atoms. The maximum atomic E-state index is 13.9. The van der Waals surface area contributed by atoms with Crippen molar-refractivity contribution in [1.29, 1.82) is 0 Å². The van der Waals surface area contributed by atoms with E-state index in [0.29, 0.717) is 5.02 Å². The molecular weight excluding hydrogens is 325 g/mol. The van der Waals surface area contributed by atoms with E-state index in [4.69, 9.17) is 11.6 Å². The summed E-state index contributed by atoms with van der Waals surface area (Å²) in [6.07, 6.45) is 0. The van der Waals surface area contributed by atoms with Crippen LogP contribution in [0, 0.1) is 5.82 Å². The lowest BCUT2D eigenvalue weighted by Crippen LogP contribution is -2.22. The molecule has 120 valence electrons. The monoisotopic (exact) mass is 339 g/mol. The fourth-order valence-corrected chi connectivity index (χ4v) is 2.76. The van der Waals surface area contributed by atoms with Gasteiger partial charge in [0.2, 0.25) is 5.91 Å². The number of nitrogens with one attached hydrogen (secondary N) is 1. The first-order valence-electron chi connectivity index (χ1n) is 7.51. The van der Waals surface area contributed by atoms with Crippen LogP contribution in [0.25, 0.3) is 0 Å². The SMILES string of the molecule is O=C(Nc1cc(Cl)ccc1F)C(c1ccccc1)c1ccccc1. The van der Waals surface area contributed by atoms with Crippen molar-refractivity contribution < 1.29 is 9.18 Å². The lowest BCUT2D eigenvalue weighted by Gasteiger charge is -2.18. The number of rotatable bonds is 4. The van der Waals surface area contributed by atoms with Gasteiger partial charge in [-0.2, -0.15) is 0 Å². The van der Waals surface area contributed by atoms with E-state index in [-0.39, 0.29) is 11.6 Å². The van der Waals surface area contributed by atoms with Gasteiger partial charge >= 0.3 is 0 Å². The van der Waals surface area contributed by atoms with Crippen molar-refractivity contribution in [2.45, 2.75) is 5.92 Å². The van der Waals surface area contributed by atoms with Crippen LogP contribution in [-0.4, -0.2) is 5.91 Å². The second-order valence-electron chi connectivity index (χ2n) is 5.37. The molecule has 0 saturated heterocycles. The lowest BCUT2D eigenvalue weighted by atomic mass is 9.90. The van der Waals surface area contributed by atoms with E-state index >= 15 is 0 Å². The Hall–Kier alpha value is -2.65. The third-order valence-corrected chi connectivity index (χ3v) is 3.95. The maximum Gasteiger partial charge on any atom is 0.236 e. The van der Waals surface area contributed by atoms with Crippen molar-refractivity contribution in [3.05, 3.63) is 101 Å². The molecule has 2 nitrogen and oxygen atoms in total. The first-order valence-corrected chi connectivity index (χ1v) is 7.89. The van der Waals surface area contributed by atoms with Gasteiger partial charge in [0.15, 0.2) is 0 Å². The van der Waals surface area contributed by atoms with Gasteiger partial charge in [0, 0.05) is 5.02 Å². The van der Waals surface area contributed by atoms with E-state index in [1.165, 1.54) is 18.2 Å². The van der Waals surface area contributed by atoms with Gasteiger partial charge in [-0.3, -0.25) is 4.79 Å². The van der Waals surface area contributed by atoms with Crippen molar-refractivity contribution in [3.8, 4) is 0 Å². The number of amides is 1. The average molecular weight is 340 g/mol. The summed E-state index contributed by atoms with van der Waals surface area (Å²) >= 11 is 5.90. The number of benzene rings is 3. The minimum absolute atomic E-state index is 0.0735. The number of anilines is 1. The van der Waals surface area contributed by atoms with Gasteiger partial charge in [-0.25, -0.2) is 4.39 Å². The molecule has 0 heterocycles. The minimum Gasteiger partial charge on any atom is -0.323 e. The summed E-state index contributed by atoms with van der Waals surface area (Å²) in [5.41, 5.74) is 1.75. The van der Waals surface area contributed by atoms with Gasteiger partial charge in [-0.1, -0.05) is 72.3 Å². The maximum absolute atomic E-state index is 13.9. The van der Waals surface area contributed by atoms with Crippen molar-refractivity contribution in [1.82, 2.24) is 0 Å². The molecule has 0 radical (unpaired) electrons. The van der Waals surface area contributed by atoms with Crippen molar-refractivity contribution >= 4 is 23.2 Å². The molecule has 3 rings (SSSR count). The van der Waals surface area contributed by atoms with Crippen molar-refractivity contribution in [2.24, 2.45) is 0 Å². The van der Waals surface area contributed by atoms with Crippen LogP contribution in [0.4, 0.5) is 10.1 Å². The van der Waals surface area contributed by atoms with E-state index in [0.717, 1.165) is 11.1 Å². The molecule has 1 amide bonds. The smallest absolute Gasteiger partial charge is 0.236 e. The Bertz CT molecular complexity index is 797. The fraction of sp³-hybridized carbons (Fsp3) is 0.0500. The van der Waals surface area contributed by atoms with Crippen LogP contribution in [0.1, 0.15) is 17.0 Å². The Balaban J connectivity index is 1.97. The van der Waals surface area contributed by atoms with E-state index in [9.17, 15) is 9.18 Å². The van der Waals surface area contributed by atoms with Crippen LogP contribution in [0.5, 0.6) is 0 Å². The molecule has 0 fully saturated rings. The van der Waals surface area contributed by atoms with Crippen LogP contribution in [0.15, 0.2) is 78.9 Å². The predicted octanol–water partition coefficient (Wildman–Crippen LogP) is 5.25. The molecule has 3 aromatic carbocycles. The van der Waals surface area contributed by atoms with E-state index in [1.807, 2.05) is 60.7 Å². The van der Waals surface area contributed by atoms with Crippen molar-refractivity contribution in [3.63, 3.8) is 0 Å². The summed E-state index contributed by atoms with van der Waals surface area (Å²) in [6, 6.07) is 22.9. The molecule has 0 saturated carbocycles. The van der Waals surface area contributed by atoms with Gasteiger partial charge in [0.1, 0.15) is 5.82 Å². The third kappa shape index (κ3) is 3.63.